The highest BCUT2D eigenvalue weighted by Gasteiger charge is 2.17. The molecule has 2 aromatic heterocycles. The van der Waals surface area contributed by atoms with E-state index in [0.29, 0.717) is 41.5 Å². The summed E-state index contributed by atoms with van der Waals surface area (Å²) in [5.74, 6) is 1.04. The van der Waals surface area contributed by atoms with Gasteiger partial charge in [0.05, 0.1) is 18.3 Å². The maximum Gasteiger partial charge on any atom is 0.263 e. The summed E-state index contributed by atoms with van der Waals surface area (Å²) in [5, 5.41) is 2.43. The molecule has 0 aliphatic carbocycles. The lowest BCUT2D eigenvalue weighted by Gasteiger charge is -2.20. The van der Waals surface area contributed by atoms with Crippen molar-refractivity contribution >= 4 is 37.5 Å². The molecular weight excluding hydrogens is 459 g/mol. The second kappa shape index (κ2) is 7.27. The molecule has 4 aromatic rings. The summed E-state index contributed by atoms with van der Waals surface area (Å²) >= 11 is 4.95. The molecule has 0 saturated heterocycles. The van der Waals surface area contributed by atoms with Crippen molar-refractivity contribution in [1.29, 1.82) is 0 Å². The molecule has 0 N–H and O–H groups in total. The van der Waals surface area contributed by atoms with Crippen LogP contribution in [0.3, 0.4) is 0 Å². The first-order valence-electron chi connectivity index (χ1n) is 8.91. The van der Waals surface area contributed by atoms with Gasteiger partial charge >= 0.3 is 0 Å². The minimum Gasteiger partial charge on any atom is -0.486 e. The minimum absolute atomic E-state index is 0.141. The number of aromatic nitrogens is 2. The van der Waals surface area contributed by atoms with Gasteiger partial charge in [-0.25, -0.2) is 9.37 Å². The molecule has 0 fully saturated rings. The molecule has 5 nitrogen and oxygen atoms in total. The number of fused-ring (bicyclic) bond motifs is 2. The smallest absolute Gasteiger partial charge is 0.263 e. The zero-order chi connectivity index (χ0) is 20.0. The van der Waals surface area contributed by atoms with E-state index in [1.54, 1.807) is 23.0 Å². The average Bonchev–Trinajstić information content (AvgIpc) is 3.16. The largest absolute Gasteiger partial charge is 0.486 e. The van der Waals surface area contributed by atoms with E-state index in [1.807, 2.05) is 17.5 Å². The van der Waals surface area contributed by atoms with Crippen molar-refractivity contribution in [2.45, 2.75) is 6.54 Å². The fourth-order valence-corrected chi connectivity index (χ4v) is 4.69. The third-order valence-electron chi connectivity index (χ3n) is 4.77. The molecule has 0 atom stereocenters. The number of ether oxygens (including phenoxy) is 2. The van der Waals surface area contributed by atoms with Crippen molar-refractivity contribution in [1.82, 2.24) is 9.55 Å². The molecule has 29 heavy (non-hydrogen) atoms. The van der Waals surface area contributed by atoms with Crippen LogP contribution in [-0.4, -0.2) is 22.8 Å². The number of hydrogen-bond donors (Lipinski definition) is 0. The molecule has 0 saturated carbocycles. The zero-order valence-corrected chi connectivity index (χ0v) is 17.4. The first kappa shape index (κ1) is 18.3. The molecule has 0 unspecified atom stereocenters. The van der Waals surface area contributed by atoms with E-state index < -0.39 is 0 Å². The monoisotopic (exact) mass is 472 g/mol. The number of thiophene rings is 1. The molecule has 3 heterocycles. The molecule has 0 radical (unpaired) electrons. The normalized spacial score (nSPS) is 13.0. The maximum absolute atomic E-state index is 13.3. The Morgan fingerprint density at radius 1 is 1.14 bits per heavy atom. The summed E-state index contributed by atoms with van der Waals surface area (Å²) in [4.78, 5) is 18.4. The van der Waals surface area contributed by atoms with Crippen LogP contribution in [0.2, 0.25) is 0 Å². The van der Waals surface area contributed by atoms with Gasteiger partial charge in [-0.05, 0) is 35.4 Å². The van der Waals surface area contributed by atoms with Crippen molar-refractivity contribution in [2.75, 3.05) is 13.2 Å². The third kappa shape index (κ3) is 3.32. The van der Waals surface area contributed by atoms with Crippen LogP contribution in [0.15, 0.2) is 57.4 Å². The highest BCUT2D eigenvalue weighted by Crippen LogP contribution is 2.36. The molecular formula is C21H14BrFN2O3S. The van der Waals surface area contributed by atoms with Gasteiger partial charge in [0, 0.05) is 15.4 Å². The standard InChI is InChI=1S/C21H14BrFN2O3S/c22-16-8-18-17(27-5-6-28-18)7-13(16)9-25-11-24-20-19(21(25)26)15(10-29-20)12-1-3-14(23)4-2-12/h1-4,7-8,10-11H,5-6,9H2. The molecule has 5 rings (SSSR count). The van der Waals surface area contributed by atoms with Crippen LogP contribution in [0.25, 0.3) is 21.3 Å². The van der Waals surface area contributed by atoms with Crippen LogP contribution in [-0.2, 0) is 6.54 Å². The summed E-state index contributed by atoms with van der Waals surface area (Å²) in [7, 11) is 0. The minimum atomic E-state index is -0.313. The van der Waals surface area contributed by atoms with E-state index in [0.717, 1.165) is 21.2 Å². The van der Waals surface area contributed by atoms with Gasteiger partial charge in [-0.15, -0.1) is 11.3 Å². The molecule has 8 heteroatoms. The Hall–Kier alpha value is -2.71. The summed E-state index contributed by atoms with van der Waals surface area (Å²) in [5.41, 5.74) is 2.29. The Morgan fingerprint density at radius 3 is 2.62 bits per heavy atom. The van der Waals surface area contributed by atoms with Gasteiger partial charge in [-0.1, -0.05) is 28.1 Å². The number of benzene rings is 2. The molecule has 0 bridgehead atoms. The fraction of sp³-hybridized carbons (Fsp3) is 0.143. The van der Waals surface area contributed by atoms with Gasteiger partial charge in [-0.3, -0.25) is 9.36 Å². The van der Waals surface area contributed by atoms with Gasteiger partial charge in [0.2, 0.25) is 0 Å². The number of hydrogen-bond acceptors (Lipinski definition) is 5. The predicted molar refractivity (Wildman–Crippen MR) is 114 cm³/mol. The van der Waals surface area contributed by atoms with Gasteiger partial charge in [-0.2, -0.15) is 0 Å². The van der Waals surface area contributed by atoms with Crippen LogP contribution in [0.5, 0.6) is 11.5 Å². The lowest BCUT2D eigenvalue weighted by atomic mass is 10.1. The third-order valence-corrected chi connectivity index (χ3v) is 6.39. The topological polar surface area (TPSA) is 53.4 Å². The van der Waals surface area contributed by atoms with Gasteiger partial charge < -0.3 is 9.47 Å². The Morgan fingerprint density at radius 2 is 1.86 bits per heavy atom. The molecule has 1 aliphatic heterocycles. The predicted octanol–water partition coefficient (Wildman–Crippen LogP) is 4.85. The van der Waals surface area contributed by atoms with E-state index in [4.69, 9.17) is 9.47 Å². The summed E-state index contributed by atoms with van der Waals surface area (Å²) < 4.78 is 26.9. The molecule has 0 amide bonds. The van der Waals surface area contributed by atoms with Crippen LogP contribution >= 0.6 is 27.3 Å². The van der Waals surface area contributed by atoms with Crippen molar-refractivity contribution in [3.63, 3.8) is 0 Å². The van der Waals surface area contributed by atoms with E-state index in [-0.39, 0.29) is 11.4 Å². The van der Waals surface area contributed by atoms with E-state index >= 15 is 0 Å². The maximum atomic E-state index is 13.3. The lowest BCUT2D eigenvalue weighted by Crippen LogP contribution is -2.21. The Kier molecular flexibility index (Phi) is 4.60. The highest BCUT2D eigenvalue weighted by molar-refractivity contribution is 9.10. The Balaban J connectivity index is 1.58. The van der Waals surface area contributed by atoms with Crippen LogP contribution in [0.1, 0.15) is 5.56 Å². The molecule has 0 spiro atoms. The van der Waals surface area contributed by atoms with Crippen molar-refractivity contribution in [3.05, 3.63) is 74.3 Å². The van der Waals surface area contributed by atoms with Gasteiger partial charge in [0.15, 0.2) is 11.5 Å². The highest BCUT2D eigenvalue weighted by atomic mass is 79.9. The molecule has 146 valence electrons. The molecule has 1 aliphatic rings. The average molecular weight is 473 g/mol. The lowest BCUT2D eigenvalue weighted by molar-refractivity contribution is 0.171. The Bertz CT molecular complexity index is 1280. The quantitative estimate of drug-likeness (QED) is 0.427. The van der Waals surface area contributed by atoms with E-state index in [2.05, 4.69) is 20.9 Å². The second-order valence-corrected chi connectivity index (χ2v) is 8.31. The van der Waals surface area contributed by atoms with Crippen LogP contribution in [0.4, 0.5) is 4.39 Å². The van der Waals surface area contributed by atoms with E-state index in [1.165, 1.54) is 23.5 Å². The number of nitrogens with zero attached hydrogens (tertiary/aromatic N) is 2. The van der Waals surface area contributed by atoms with Crippen molar-refractivity contribution in [2.24, 2.45) is 0 Å². The summed E-state index contributed by atoms with van der Waals surface area (Å²) in [6, 6.07) is 9.86. The second-order valence-electron chi connectivity index (χ2n) is 6.60. The fourth-order valence-electron chi connectivity index (χ4n) is 3.33. The first-order chi connectivity index (χ1) is 14.1. The number of halogens is 2. The van der Waals surface area contributed by atoms with Crippen LogP contribution < -0.4 is 15.0 Å². The first-order valence-corrected chi connectivity index (χ1v) is 10.6. The number of rotatable bonds is 3. The van der Waals surface area contributed by atoms with Gasteiger partial charge in [0.1, 0.15) is 23.9 Å². The van der Waals surface area contributed by atoms with Crippen molar-refractivity contribution < 1.29 is 13.9 Å². The molecule has 2 aromatic carbocycles. The van der Waals surface area contributed by atoms with Crippen molar-refractivity contribution in [3.8, 4) is 22.6 Å². The summed E-state index contributed by atoms with van der Waals surface area (Å²) in [6.07, 6.45) is 1.55. The van der Waals surface area contributed by atoms with E-state index in [9.17, 15) is 9.18 Å². The Labute approximate surface area is 177 Å². The SMILES string of the molecule is O=c1c2c(-c3ccc(F)cc3)csc2ncn1Cc1cc2c(cc1Br)OCCO2. The zero-order valence-electron chi connectivity index (χ0n) is 15.0. The van der Waals surface area contributed by atoms with Crippen LogP contribution in [0, 0.1) is 5.82 Å². The summed E-state index contributed by atoms with van der Waals surface area (Å²) in [6.45, 7) is 1.35. The van der Waals surface area contributed by atoms with Gasteiger partial charge in [0.25, 0.3) is 5.56 Å².